The van der Waals surface area contributed by atoms with E-state index in [0.29, 0.717) is 25.1 Å². The molecule has 5 heteroatoms. The van der Waals surface area contributed by atoms with E-state index >= 15 is 0 Å². The maximum absolute atomic E-state index is 12.8. The second kappa shape index (κ2) is 7.31. The molecule has 2 rings (SSSR count). The summed E-state index contributed by atoms with van der Waals surface area (Å²) in [6.07, 6.45) is 2.49. The molecule has 1 aliphatic rings. The normalized spacial score (nSPS) is 14.7. The first-order valence-electron chi connectivity index (χ1n) is 7.31. The molecule has 1 heterocycles. The molecule has 1 aliphatic heterocycles. The molecule has 1 aromatic carbocycles. The van der Waals surface area contributed by atoms with E-state index in [4.69, 9.17) is 0 Å². The second-order valence-corrected chi connectivity index (χ2v) is 5.51. The third-order valence-corrected chi connectivity index (χ3v) is 3.75. The number of benzene rings is 1. The van der Waals surface area contributed by atoms with Gasteiger partial charge in [0.2, 0.25) is 5.91 Å². The minimum Gasteiger partial charge on any atom is -0.342 e. The molecule has 0 unspecified atom stereocenters. The number of amides is 1. The van der Waals surface area contributed by atoms with Crippen LogP contribution in [-0.2, 0) is 4.79 Å². The van der Waals surface area contributed by atoms with Crippen LogP contribution in [0.4, 0.5) is 4.39 Å². The van der Waals surface area contributed by atoms with Crippen LogP contribution in [0.1, 0.15) is 29.6 Å². The SMILES string of the molecule is CN(CCC(=O)c1ccc(F)cc1)CC(=O)N1CCCC1. The lowest BCUT2D eigenvalue weighted by atomic mass is 10.1. The van der Waals surface area contributed by atoms with Gasteiger partial charge in [0.1, 0.15) is 5.82 Å². The van der Waals surface area contributed by atoms with Crippen LogP contribution in [-0.4, -0.2) is 54.7 Å². The predicted molar refractivity (Wildman–Crippen MR) is 78.7 cm³/mol. The van der Waals surface area contributed by atoms with Crippen LogP contribution in [0.25, 0.3) is 0 Å². The van der Waals surface area contributed by atoms with Crippen molar-refractivity contribution >= 4 is 11.7 Å². The molecule has 1 fully saturated rings. The van der Waals surface area contributed by atoms with Crippen LogP contribution in [0.3, 0.4) is 0 Å². The van der Waals surface area contributed by atoms with Gasteiger partial charge in [-0.25, -0.2) is 4.39 Å². The number of Topliss-reactive ketones (excluding diaryl/α,β-unsaturated/α-hetero) is 1. The Kier molecular flexibility index (Phi) is 5.44. The highest BCUT2D eigenvalue weighted by atomic mass is 19.1. The smallest absolute Gasteiger partial charge is 0.236 e. The zero-order valence-corrected chi connectivity index (χ0v) is 12.3. The van der Waals surface area contributed by atoms with Crippen LogP contribution < -0.4 is 0 Å². The summed E-state index contributed by atoms with van der Waals surface area (Å²) >= 11 is 0. The van der Waals surface area contributed by atoms with Crippen molar-refractivity contribution in [3.63, 3.8) is 0 Å². The van der Waals surface area contributed by atoms with Crippen molar-refractivity contribution in [2.45, 2.75) is 19.3 Å². The minimum atomic E-state index is -0.347. The van der Waals surface area contributed by atoms with Gasteiger partial charge in [0.05, 0.1) is 6.54 Å². The van der Waals surface area contributed by atoms with E-state index in [9.17, 15) is 14.0 Å². The number of carbonyl (C=O) groups is 2. The number of rotatable bonds is 6. The Morgan fingerprint density at radius 1 is 1.19 bits per heavy atom. The van der Waals surface area contributed by atoms with Crippen LogP contribution in [0, 0.1) is 5.82 Å². The van der Waals surface area contributed by atoms with E-state index in [2.05, 4.69) is 0 Å². The highest BCUT2D eigenvalue weighted by molar-refractivity contribution is 5.96. The molecule has 21 heavy (non-hydrogen) atoms. The lowest BCUT2D eigenvalue weighted by Crippen LogP contribution is -2.37. The largest absolute Gasteiger partial charge is 0.342 e. The highest BCUT2D eigenvalue weighted by Crippen LogP contribution is 2.09. The first-order chi connectivity index (χ1) is 10.1. The van der Waals surface area contributed by atoms with Crippen molar-refractivity contribution in [2.24, 2.45) is 0 Å². The molecule has 0 saturated carbocycles. The lowest BCUT2D eigenvalue weighted by molar-refractivity contribution is -0.131. The fourth-order valence-electron chi connectivity index (χ4n) is 2.45. The fourth-order valence-corrected chi connectivity index (χ4v) is 2.45. The molecule has 0 N–H and O–H groups in total. The maximum Gasteiger partial charge on any atom is 0.236 e. The van der Waals surface area contributed by atoms with Gasteiger partial charge in [0, 0.05) is 31.6 Å². The number of carbonyl (C=O) groups excluding carboxylic acids is 2. The molecule has 0 spiro atoms. The number of halogens is 1. The Morgan fingerprint density at radius 3 is 2.43 bits per heavy atom. The van der Waals surface area contributed by atoms with Crippen LogP contribution in [0.5, 0.6) is 0 Å². The van der Waals surface area contributed by atoms with Crippen molar-refractivity contribution in [1.82, 2.24) is 9.80 Å². The van der Waals surface area contributed by atoms with Crippen molar-refractivity contribution in [3.05, 3.63) is 35.6 Å². The third kappa shape index (κ3) is 4.63. The Morgan fingerprint density at radius 2 is 1.81 bits per heavy atom. The molecule has 0 atom stereocenters. The van der Waals surface area contributed by atoms with Gasteiger partial charge >= 0.3 is 0 Å². The number of hydrogen-bond acceptors (Lipinski definition) is 3. The summed E-state index contributed by atoms with van der Waals surface area (Å²) in [6, 6.07) is 5.56. The van der Waals surface area contributed by atoms with Gasteiger partial charge < -0.3 is 4.90 Å². The van der Waals surface area contributed by atoms with Crippen LogP contribution in [0.2, 0.25) is 0 Å². The topological polar surface area (TPSA) is 40.6 Å². The Bertz CT molecular complexity index is 496. The van der Waals surface area contributed by atoms with Gasteiger partial charge in [-0.05, 0) is 44.2 Å². The predicted octanol–water partition coefficient (Wildman–Crippen LogP) is 1.95. The first-order valence-corrected chi connectivity index (χ1v) is 7.31. The highest BCUT2D eigenvalue weighted by Gasteiger charge is 2.19. The van der Waals surface area contributed by atoms with Gasteiger partial charge in [-0.3, -0.25) is 14.5 Å². The van der Waals surface area contributed by atoms with E-state index < -0.39 is 0 Å². The zero-order valence-electron chi connectivity index (χ0n) is 12.3. The summed E-state index contributed by atoms with van der Waals surface area (Å²) in [5.41, 5.74) is 0.510. The summed E-state index contributed by atoms with van der Waals surface area (Å²) in [7, 11) is 1.84. The molecule has 0 aromatic heterocycles. The molecular weight excluding hydrogens is 271 g/mol. The summed E-state index contributed by atoms with van der Waals surface area (Å²) in [5, 5.41) is 0. The molecular formula is C16H21FN2O2. The average molecular weight is 292 g/mol. The molecule has 114 valence electrons. The van der Waals surface area contributed by atoms with Crippen LogP contribution in [0.15, 0.2) is 24.3 Å². The van der Waals surface area contributed by atoms with Gasteiger partial charge in [-0.1, -0.05) is 0 Å². The fraction of sp³-hybridized carbons (Fsp3) is 0.500. The number of likely N-dealkylation sites (N-methyl/N-ethyl adjacent to an activating group) is 1. The summed E-state index contributed by atoms with van der Waals surface area (Å²) in [4.78, 5) is 27.7. The zero-order chi connectivity index (χ0) is 15.2. The number of nitrogens with zero attached hydrogens (tertiary/aromatic N) is 2. The first kappa shape index (κ1) is 15.6. The molecule has 0 aliphatic carbocycles. The third-order valence-electron chi connectivity index (χ3n) is 3.75. The van der Waals surface area contributed by atoms with Crippen LogP contribution >= 0.6 is 0 Å². The van der Waals surface area contributed by atoms with E-state index in [1.807, 2.05) is 16.8 Å². The van der Waals surface area contributed by atoms with Crippen molar-refractivity contribution in [1.29, 1.82) is 0 Å². The number of ketones is 1. The van der Waals surface area contributed by atoms with E-state index in [-0.39, 0.29) is 17.5 Å². The maximum atomic E-state index is 12.8. The Hall–Kier alpha value is -1.75. The number of hydrogen-bond donors (Lipinski definition) is 0. The monoisotopic (exact) mass is 292 g/mol. The number of likely N-dealkylation sites (tertiary alicyclic amines) is 1. The quantitative estimate of drug-likeness (QED) is 0.753. The molecule has 4 nitrogen and oxygen atoms in total. The molecule has 1 amide bonds. The van der Waals surface area contributed by atoms with E-state index in [1.165, 1.54) is 24.3 Å². The summed E-state index contributed by atoms with van der Waals surface area (Å²) < 4.78 is 12.8. The van der Waals surface area contributed by atoms with Gasteiger partial charge in [0.15, 0.2) is 5.78 Å². The van der Waals surface area contributed by atoms with Gasteiger partial charge in [-0.2, -0.15) is 0 Å². The second-order valence-electron chi connectivity index (χ2n) is 5.51. The van der Waals surface area contributed by atoms with Crippen molar-refractivity contribution in [3.8, 4) is 0 Å². The molecule has 0 radical (unpaired) electrons. The van der Waals surface area contributed by atoms with Crippen molar-refractivity contribution in [2.75, 3.05) is 33.2 Å². The average Bonchev–Trinajstić information content (AvgIpc) is 3.00. The van der Waals surface area contributed by atoms with Gasteiger partial charge in [0.25, 0.3) is 0 Å². The summed E-state index contributed by atoms with van der Waals surface area (Å²) in [5.74, 6) is -0.250. The molecule has 1 aromatic rings. The van der Waals surface area contributed by atoms with Crippen molar-refractivity contribution < 1.29 is 14.0 Å². The minimum absolute atomic E-state index is 0.0320. The standard InChI is InChI=1S/C16H21FN2O2/c1-18(12-16(21)19-9-2-3-10-19)11-8-15(20)13-4-6-14(17)7-5-13/h4-7H,2-3,8-12H2,1H3. The molecule has 0 bridgehead atoms. The lowest BCUT2D eigenvalue weighted by Gasteiger charge is -2.20. The Labute approximate surface area is 124 Å². The Balaban J connectivity index is 1.75. The summed E-state index contributed by atoms with van der Waals surface area (Å²) in [6.45, 7) is 2.56. The van der Waals surface area contributed by atoms with E-state index in [1.54, 1.807) is 0 Å². The molecule has 1 saturated heterocycles. The van der Waals surface area contributed by atoms with E-state index in [0.717, 1.165) is 25.9 Å². The van der Waals surface area contributed by atoms with Gasteiger partial charge in [-0.15, -0.1) is 0 Å².